The minimum atomic E-state index is 0. The minimum Gasteiger partial charge on any atom is -0.356 e. The quantitative estimate of drug-likeness (QED) is 0.339. The van der Waals surface area contributed by atoms with Gasteiger partial charge >= 0.3 is 0 Å². The van der Waals surface area contributed by atoms with Crippen molar-refractivity contribution in [2.45, 2.75) is 25.3 Å². The standard InChI is InChI=1S/C22H24N4.HI/c1-23-22(25-14-18-12-11-16-6-2-3-10-20(16)18)26-15-19-8-4-7-17-9-5-13-24-21(17)19;/h2-10,13,18H,11-12,14-15H2,1H3,(H2,23,25,26);1H. The Bertz CT molecular complexity index is 933. The van der Waals surface area contributed by atoms with Crippen LogP contribution in [0, 0.1) is 0 Å². The number of para-hydroxylation sites is 1. The Morgan fingerprint density at radius 3 is 2.81 bits per heavy atom. The van der Waals surface area contributed by atoms with Gasteiger partial charge in [0.1, 0.15) is 0 Å². The summed E-state index contributed by atoms with van der Waals surface area (Å²) in [6, 6.07) is 19.1. The summed E-state index contributed by atoms with van der Waals surface area (Å²) in [5.41, 5.74) is 5.19. The Labute approximate surface area is 177 Å². The van der Waals surface area contributed by atoms with Crippen molar-refractivity contribution >= 4 is 40.8 Å². The third-order valence-corrected chi connectivity index (χ3v) is 5.16. The molecule has 5 heteroatoms. The maximum atomic E-state index is 4.52. The molecule has 4 rings (SSSR count). The lowest BCUT2D eigenvalue weighted by atomic mass is 10.0. The van der Waals surface area contributed by atoms with Crippen LogP contribution in [0.1, 0.15) is 29.0 Å². The van der Waals surface area contributed by atoms with Crippen LogP contribution in [-0.4, -0.2) is 24.5 Å². The zero-order chi connectivity index (χ0) is 17.8. The van der Waals surface area contributed by atoms with E-state index in [2.05, 4.69) is 69.1 Å². The lowest BCUT2D eigenvalue weighted by Gasteiger charge is -2.16. The molecular formula is C22H25IN4. The average molecular weight is 472 g/mol. The van der Waals surface area contributed by atoms with E-state index in [1.807, 2.05) is 19.3 Å². The first-order valence-corrected chi connectivity index (χ1v) is 9.20. The van der Waals surface area contributed by atoms with Crippen molar-refractivity contribution in [3.63, 3.8) is 0 Å². The van der Waals surface area contributed by atoms with Gasteiger partial charge in [-0.25, -0.2) is 0 Å². The fourth-order valence-electron chi connectivity index (χ4n) is 3.79. The van der Waals surface area contributed by atoms with Crippen LogP contribution in [0.4, 0.5) is 0 Å². The van der Waals surface area contributed by atoms with Crippen LogP contribution >= 0.6 is 24.0 Å². The van der Waals surface area contributed by atoms with Gasteiger partial charge in [-0.05, 0) is 35.6 Å². The largest absolute Gasteiger partial charge is 0.356 e. The highest BCUT2D eigenvalue weighted by molar-refractivity contribution is 14.0. The summed E-state index contributed by atoms with van der Waals surface area (Å²) >= 11 is 0. The molecule has 0 fully saturated rings. The molecule has 1 aliphatic carbocycles. The van der Waals surface area contributed by atoms with Crippen molar-refractivity contribution in [2.24, 2.45) is 4.99 Å². The summed E-state index contributed by atoms with van der Waals surface area (Å²) in [6.07, 6.45) is 4.23. The second-order valence-corrected chi connectivity index (χ2v) is 6.73. The van der Waals surface area contributed by atoms with Crippen molar-refractivity contribution in [1.29, 1.82) is 0 Å². The Hall–Kier alpha value is -2.15. The maximum absolute atomic E-state index is 4.52. The van der Waals surface area contributed by atoms with E-state index in [0.29, 0.717) is 12.5 Å². The van der Waals surface area contributed by atoms with E-state index in [-0.39, 0.29) is 24.0 Å². The fraction of sp³-hybridized carbons (Fsp3) is 0.273. The third kappa shape index (κ3) is 4.40. The smallest absolute Gasteiger partial charge is 0.191 e. The first kappa shape index (κ1) is 19.6. The van der Waals surface area contributed by atoms with Crippen LogP contribution in [0.3, 0.4) is 0 Å². The highest BCUT2D eigenvalue weighted by atomic mass is 127. The SMILES string of the molecule is CN=C(NCc1cccc2cccnc12)NCC1CCc2ccccc21.I. The predicted molar refractivity (Wildman–Crippen MR) is 123 cm³/mol. The second kappa shape index (κ2) is 9.17. The van der Waals surface area contributed by atoms with Gasteiger partial charge in [-0.2, -0.15) is 0 Å². The van der Waals surface area contributed by atoms with Gasteiger partial charge < -0.3 is 10.6 Å². The summed E-state index contributed by atoms with van der Waals surface area (Å²) in [5.74, 6) is 1.39. The lowest BCUT2D eigenvalue weighted by molar-refractivity contribution is 0.642. The van der Waals surface area contributed by atoms with Crippen molar-refractivity contribution < 1.29 is 0 Å². The topological polar surface area (TPSA) is 49.3 Å². The van der Waals surface area contributed by atoms with Crippen LogP contribution in [0.25, 0.3) is 10.9 Å². The first-order chi connectivity index (χ1) is 12.8. The highest BCUT2D eigenvalue weighted by Crippen LogP contribution is 2.32. The molecule has 2 N–H and O–H groups in total. The Kier molecular flexibility index (Phi) is 6.66. The molecule has 0 saturated carbocycles. The predicted octanol–water partition coefficient (Wildman–Crippen LogP) is 4.25. The molecule has 3 aromatic rings. The zero-order valence-corrected chi connectivity index (χ0v) is 17.8. The molecule has 0 bridgehead atoms. The maximum Gasteiger partial charge on any atom is 0.191 e. The van der Waals surface area contributed by atoms with Gasteiger partial charge in [0.15, 0.2) is 5.96 Å². The zero-order valence-electron chi connectivity index (χ0n) is 15.5. The number of hydrogen-bond acceptors (Lipinski definition) is 2. The number of pyridine rings is 1. The summed E-state index contributed by atoms with van der Waals surface area (Å²) in [6.45, 7) is 1.61. The molecule has 1 aromatic heterocycles. The second-order valence-electron chi connectivity index (χ2n) is 6.73. The number of aryl methyl sites for hydroxylation is 1. The minimum absolute atomic E-state index is 0. The first-order valence-electron chi connectivity index (χ1n) is 9.20. The lowest BCUT2D eigenvalue weighted by Crippen LogP contribution is -2.38. The molecule has 1 aliphatic rings. The van der Waals surface area contributed by atoms with E-state index in [0.717, 1.165) is 23.4 Å². The molecule has 27 heavy (non-hydrogen) atoms. The van der Waals surface area contributed by atoms with Crippen LogP contribution in [0.2, 0.25) is 0 Å². The number of nitrogens with zero attached hydrogens (tertiary/aromatic N) is 2. The highest BCUT2D eigenvalue weighted by Gasteiger charge is 2.21. The van der Waals surface area contributed by atoms with Gasteiger partial charge in [-0.1, -0.05) is 48.5 Å². The molecule has 1 heterocycles. The molecule has 1 unspecified atom stereocenters. The summed E-state index contributed by atoms with van der Waals surface area (Å²) in [5, 5.41) is 8.08. The Balaban J connectivity index is 0.00000210. The van der Waals surface area contributed by atoms with E-state index in [1.165, 1.54) is 29.5 Å². The van der Waals surface area contributed by atoms with Crippen molar-refractivity contribution in [2.75, 3.05) is 13.6 Å². The molecule has 140 valence electrons. The monoisotopic (exact) mass is 472 g/mol. The number of aliphatic imine (C=N–C) groups is 1. The van der Waals surface area contributed by atoms with Gasteiger partial charge in [0.05, 0.1) is 5.52 Å². The van der Waals surface area contributed by atoms with E-state index in [9.17, 15) is 0 Å². The molecule has 0 aliphatic heterocycles. The van der Waals surface area contributed by atoms with Crippen molar-refractivity contribution in [1.82, 2.24) is 15.6 Å². The average Bonchev–Trinajstić information content (AvgIpc) is 3.11. The number of halogens is 1. The van der Waals surface area contributed by atoms with E-state index >= 15 is 0 Å². The van der Waals surface area contributed by atoms with Crippen LogP contribution in [-0.2, 0) is 13.0 Å². The molecule has 0 spiro atoms. The Morgan fingerprint density at radius 1 is 1.07 bits per heavy atom. The van der Waals surface area contributed by atoms with Crippen LogP contribution < -0.4 is 10.6 Å². The molecule has 2 aromatic carbocycles. The van der Waals surface area contributed by atoms with E-state index < -0.39 is 0 Å². The van der Waals surface area contributed by atoms with Crippen LogP contribution in [0.15, 0.2) is 65.8 Å². The Morgan fingerprint density at radius 2 is 1.93 bits per heavy atom. The normalized spacial score (nSPS) is 15.9. The molecule has 0 radical (unpaired) electrons. The molecule has 0 saturated heterocycles. The molecule has 4 nitrogen and oxygen atoms in total. The van der Waals surface area contributed by atoms with Crippen LogP contribution in [0.5, 0.6) is 0 Å². The van der Waals surface area contributed by atoms with E-state index in [1.54, 1.807) is 0 Å². The van der Waals surface area contributed by atoms with E-state index in [4.69, 9.17) is 0 Å². The van der Waals surface area contributed by atoms with Gasteiger partial charge in [0, 0.05) is 37.6 Å². The molecular weight excluding hydrogens is 447 g/mol. The van der Waals surface area contributed by atoms with Crippen molar-refractivity contribution in [3.05, 3.63) is 77.5 Å². The number of guanidine groups is 1. The number of aromatic nitrogens is 1. The number of benzene rings is 2. The van der Waals surface area contributed by atoms with Gasteiger partial charge in [0.25, 0.3) is 0 Å². The number of nitrogens with one attached hydrogen (secondary N) is 2. The number of hydrogen-bond donors (Lipinski definition) is 2. The summed E-state index contributed by atoms with van der Waals surface area (Å²) in [7, 11) is 1.82. The third-order valence-electron chi connectivity index (χ3n) is 5.16. The number of rotatable bonds is 4. The van der Waals surface area contributed by atoms with Gasteiger partial charge in [-0.3, -0.25) is 9.98 Å². The number of fused-ring (bicyclic) bond motifs is 2. The van der Waals surface area contributed by atoms with Crippen molar-refractivity contribution in [3.8, 4) is 0 Å². The molecule has 1 atom stereocenters. The summed E-state index contributed by atoms with van der Waals surface area (Å²) in [4.78, 5) is 8.89. The van der Waals surface area contributed by atoms with Gasteiger partial charge in [0.2, 0.25) is 0 Å². The fourth-order valence-corrected chi connectivity index (χ4v) is 3.79. The van der Waals surface area contributed by atoms with Gasteiger partial charge in [-0.15, -0.1) is 24.0 Å². The molecule has 0 amide bonds. The summed E-state index contributed by atoms with van der Waals surface area (Å²) < 4.78 is 0.